The molecule has 8 heteroatoms. The van der Waals surface area contributed by atoms with Gasteiger partial charge in [-0.25, -0.2) is 14.6 Å². The zero-order valence-corrected chi connectivity index (χ0v) is 20.4. The van der Waals surface area contributed by atoms with Crippen molar-refractivity contribution in [3.63, 3.8) is 0 Å². The van der Waals surface area contributed by atoms with Crippen LogP contribution in [0.25, 0.3) is 0 Å². The largest absolute Gasteiger partial charge is 0.467 e. The Kier molecular flexibility index (Phi) is 6.95. The van der Waals surface area contributed by atoms with Crippen LogP contribution in [0.2, 0.25) is 0 Å². The van der Waals surface area contributed by atoms with Crippen molar-refractivity contribution in [2.24, 2.45) is 0 Å². The minimum Gasteiger partial charge on any atom is -0.467 e. The molecule has 1 aromatic carbocycles. The Morgan fingerprint density at radius 3 is 2.59 bits per heavy atom. The van der Waals surface area contributed by atoms with Crippen molar-refractivity contribution >= 4 is 23.6 Å². The SMILES string of the molecule is COC(=O)[C@H](Cc1ccc(N2CC(c3ccc4c(n3)NCCC4)C2)cc1)NC(=O)OC(C)(C)C. The van der Waals surface area contributed by atoms with E-state index in [0.29, 0.717) is 12.3 Å². The number of carbonyl (C=O) groups excluding carboxylic acids is 2. The van der Waals surface area contributed by atoms with Gasteiger partial charge in [0.25, 0.3) is 0 Å². The average Bonchev–Trinajstić information content (AvgIpc) is 2.77. The molecule has 3 heterocycles. The second-order valence-corrected chi connectivity index (χ2v) is 9.97. The fourth-order valence-corrected chi connectivity index (χ4v) is 4.31. The highest BCUT2D eigenvalue weighted by Crippen LogP contribution is 2.32. The van der Waals surface area contributed by atoms with E-state index in [0.717, 1.165) is 48.8 Å². The number of hydrogen-bond acceptors (Lipinski definition) is 7. The van der Waals surface area contributed by atoms with Crippen molar-refractivity contribution in [1.29, 1.82) is 0 Å². The summed E-state index contributed by atoms with van der Waals surface area (Å²) in [6.07, 6.45) is 1.94. The molecular formula is C26H34N4O4. The van der Waals surface area contributed by atoms with Gasteiger partial charge in [-0.3, -0.25) is 0 Å². The molecule has 1 atom stereocenters. The number of aromatic nitrogens is 1. The molecule has 4 rings (SSSR count). The average molecular weight is 467 g/mol. The number of benzene rings is 1. The lowest BCUT2D eigenvalue weighted by atomic mass is 9.93. The number of nitrogens with one attached hydrogen (secondary N) is 2. The Hall–Kier alpha value is -3.29. The van der Waals surface area contributed by atoms with Crippen LogP contribution in [0.1, 0.15) is 49.9 Å². The number of amides is 1. The number of aryl methyl sites for hydroxylation is 1. The van der Waals surface area contributed by atoms with Crippen LogP contribution in [0, 0.1) is 0 Å². The Morgan fingerprint density at radius 1 is 1.18 bits per heavy atom. The van der Waals surface area contributed by atoms with E-state index in [2.05, 4.69) is 39.8 Å². The summed E-state index contributed by atoms with van der Waals surface area (Å²) in [5, 5.41) is 6.03. The lowest BCUT2D eigenvalue weighted by Crippen LogP contribution is -2.45. The standard InChI is InChI=1S/C26H34N4O4/c1-26(2,3)34-25(32)29-22(24(31)33-4)14-17-7-10-20(11-8-17)30-15-19(16-30)21-12-9-18-6-5-13-27-23(18)28-21/h7-12,19,22H,5-6,13-16H2,1-4H3,(H,27,28)(H,29,32)/t22-/m0/s1. The van der Waals surface area contributed by atoms with Crippen molar-refractivity contribution in [3.05, 3.63) is 53.2 Å². The number of carbonyl (C=O) groups is 2. The molecule has 0 aliphatic carbocycles. The molecule has 0 unspecified atom stereocenters. The molecule has 0 bridgehead atoms. The number of fused-ring (bicyclic) bond motifs is 1. The van der Waals surface area contributed by atoms with E-state index in [1.165, 1.54) is 19.1 Å². The van der Waals surface area contributed by atoms with Crippen LogP contribution in [-0.2, 0) is 27.1 Å². The monoisotopic (exact) mass is 466 g/mol. The first-order chi connectivity index (χ1) is 16.2. The second-order valence-electron chi connectivity index (χ2n) is 9.97. The number of pyridine rings is 1. The fraction of sp³-hybridized carbons (Fsp3) is 0.500. The third-order valence-corrected chi connectivity index (χ3v) is 6.13. The Labute approximate surface area is 201 Å². The van der Waals surface area contributed by atoms with Gasteiger partial charge in [-0.2, -0.15) is 0 Å². The summed E-state index contributed by atoms with van der Waals surface area (Å²) in [5.41, 5.74) is 3.87. The van der Waals surface area contributed by atoms with Gasteiger partial charge in [0, 0.05) is 43.4 Å². The Morgan fingerprint density at radius 2 is 1.91 bits per heavy atom. The van der Waals surface area contributed by atoms with Crippen LogP contribution in [0.5, 0.6) is 0 Å². The van der Waals surface area contributed by atoms with E-state index in [4.69, 9.17) is 14.5 Å². The highest BCUT2D eigenvalue weighted by molar-refractivity contribution is 5.81. The number of hydrogen-bond donors (Lipinski definition) is 2. The van der Waals surface area contributed by atoms with Crippen molar-refractivity contribution in [3.8, 4) is 0 Å². The van der Waals surface area contributed by atoms with Crippen molar-refractivity contribution in [1.82, 2.24) is 10.3 Å². The lowest BCUT2D eigenvalue weighted by molar-refractivity contribution is -0.143. The summed E-state index contributed by atoms with van der Waals surface area (Å²) in [7, 11) is 1.31. The van der Waals surface area contributed by atoms with Crippen LogP contribution in [0.3, 0.4) is 0 Å². The molecule has 0 spiro atoms. The molecule has 1 aromatic heterocycles. The summed E-state index contributed by atoms with van der Waals surface area (Å²) < 4.78 is 10.1. The fourth-order valence-electron chi connectivity index (χ4n) is 4.31. The quantitative estimate of drug-likeness (QED) is 0.628. The topological polar surface area (TPSA) is 92.8 Å². The molecule has 2 aliphatic heterocycles. The van der Waals surface area contributed by atoms with Gasteiger partial charge >= 0.3 is 12.1 Å². The predicted molar refractivity (Wildman–Crippen MR) is 131 cm³/mol. The highest BCUT2D eigenvalue weighted by Gasteiger charge is 2.30. The van der Waals surface area contributed by atoms with E-state index >= 15 is 0 Å². The number of methoxy groups -OCH3 is 1. The zero-order chi connectivity index (χ0) is 24.3. The third kappa shape index (κ3) is 5.79. The summed E-state index contributed by atoms with van der Waals surface area (Å²) >= 11 is 0. The van der Waals surface area contributed by atoms with E-state index in [1.807, 2.05) is 12.1 Å². The molecule has 0 saturated carbocycles. The molecule has 1 fully saturated rings. The van der Waals surface area contributed by atoms with Gasteiger partial charge in [-0.15, -0.1) is 0 Å². The van der Waals surface area contributed by atoms with Crippen molar-refractivity contribution in [2.45, 2.75) is 57.6 Å². The van der Waals surface area contributed by atoms with Gasteiger partial charge in [0.15, 0.2) is 0 Å². The van der Waals surface area contributed by atoms with Crippen LogP contribution >= 0.6 is 0 Å². The van der Waals surface area contributed by atoms with Crippen LogP contribution < -0.4 is 15.5 Å². The molecule has 1 saturated heterocycles. The second kappa shape index (κ2) is 9.91. The van der Waals surface area contributed by atoms with Gasteiger partial charge in [-0.05, 0) is 62.9 Å². The highest BCUT2D eigenvalue weighted by atomic mass is 16.6. The molecule has 2 N–H and O–H groups in total. The predicted octanol–water partition coefficient (Wildman–Crippen LogP) is 3.65. The smallest absolute Gasteiger partial charge is 0.408 e. The van der Waals surface area contributed by atoms with Gasteiger partial charge in [0.1, 0.15) is 17.5 Å². The van der Waals surface area contributed by atoms with Crippen LogP contribution in [0.15, 0.2) is 36.4 Å². The molecule has 8 nitrogen and oxygen atoms in total. The Bertz CT molecular complexity index is 1030. The van der Waals surface area contributed by atoms with Crippen molar-refractivity contribution < 1.29 is 19.1 Å². The minimum atomic E-state index is -0.817. The number of ether oxygens (including phenoxy) is 2. The first kappa shape index (κ1) is 23.9. The molecule has 182 valence electrons. The number of anilines is 2. The van der Waals surface area contributed by atoms with E-state index in [9.17, 15) is 9.59 Å². The molecule has 2 aliphatic rings. The lowest BCUT2D eigenvalue weighted by Gasteiger charge is -2.41. The maximum absolute atomic E-state index is 12.2. The summed E-state index contributed by atoms with van der Waals surface area (Å²) in [4.78, 5) is 31.5. The third-order valence-electron chi connectivity index (χ3n) is 6.13. The molecular weight excluding hydrogens is 432 g/mol. The van der Waals surface area contributed by atoms with Crippen LogP contribution in [-0.4, -0.2) is 55.4 Å². The number of alkyl carbamates (subject to hydrolysis) is 1. The zero-order valence-electron chi connectivity index (χ0n) is 20.4. The molecule has 1 amide bonds. The van der Waals surface area contributed by atoms with Crippen molar-refractivity contribution in [2.75, 3.05) is 37.0 Å². The molecule has 34 heavy (non-hydrogen) atoms. The number of nitrogens with zero attached hydrogens (tertiary/aromatic N) is 2. The summed E-state index contributed by atoms with van der Waals surface area (Å²) in [5.74, 6) is 0.967. The summed E-state index contributed by atoms with van der Waals surface area (Å²) in [6.45, 7) is 8.18. The van der Waals surface area contributed by atoms with Crippen LogP contribution in [0.4, 0.5) is 16.3 Å². The molecule has 0 radical (unpaired) electrons. The number of esters is 1. The molecule has 2 aromatic rings. The van der Waals surface area contributed by atoms with Gasteiger partial charge in [0.05, 0.1) is 7.11 Å². The minimum absolute atomic E-state index is 0.320. The maximum atomic E-state index is 12.2. The van der Waals surface area contributed by atoms with Gasteiger partial charge < -0.3 is 25.0 Å². The Balaban J connectivity index is 1.33. The van der Waals surface area contributed by atoms with E-state index < -0.39 is 23.7 Å². The van der Waals surface area contributed by atoms with Gasteiger partial charge in [-0.1, -0.05) is 18.2 Å². The number of rotatable bonds is 6. The van der Waals surface area contributed by atoms with Gasteiger partial charge in [0.2, 0.25) is 0 Å². The van der Waals surface area contributed by atoms with E-state index in [-0.39, 0.29) is 0 Å². The first-order valence-corrected chi connectivity index (χ1v) is 11.9. The normalized spacial score (nSPS) is 16.5. The maximum Gasteiger partial charge on any atom is 0.408 e. The summed E-state index contributed by atoms with van der Waals surface area (Å²) in [6, 6.07) is 11.6. The van der Waals surface area contributed by atoms with E-state index in [1.54, 1.807) is 20.8 Å². The first-order valence-electron chi connectivity index (χ1n) is 11.9.